The Hall–Kier alpha value is -1.11. The number of amides is 1. The third kappa shape index (κ3) is 5.43. The average molecular weight is 438 g/mol. The normalized spacial score (nSPS) is 15.0. The van der Waals surface area contributed by atoms with E-state index in [-0.39, 0.29) is 12.5 Å². The van der Waals surface area contributed by atoms with Crippen LogP contribution in [0.4, 0.5) is 5.69 Å². The highest BCUT2D eigenvalue weighted by Gasteiger charge is 2.16. The number of benzene rings is 2. The maximum atomic E-state index is 12.0. The van der Waals surface area contributed by atoms with E-state index in [0.29, 0.717) is 4.58 Å². The molecule has 25 heavy (non-hydrogen) atoms. The van der Waals surface area contributed by atoms with Crippen LogP contribution in [-0.2, 0) is 4.79 Å². The first-order valence-electron chi connectivity index (χ1n) is 8.14. The first kappa shape index (κ1) is 18.7. The summed E-state index contributed by atoms with van der Waals surface area (Å²) in [6.07, 6.45) is 1.29. The molecule has 6 heteroatoms. The number of aryl methyl sites for hydroxylation is 1. The van der Waals surface area contributed by atoms with Crippen LogP contribution in [0.15, 0.2) is 46.9 Å². The molecule has 3 rings (SSSR count). The standard InChI is InChI=1S/C19H20BrNO2S2/c1-13-3-6-15(11-17(13)20)21-18(22)12-23-16-7-4-14(5-8-16)19-24-9-2-10-25-19/h3-8,11,19H,2,9-10,12H2,1H3,(H,21,22). The van der Waals surface area contributed by atoms with Crippen molar-refractivity contribution >= 4 is 51.0 Å². The molecular formula is C19H20BrNO2S2. The van der Waals surface area contributed by atoms with Crippen molar-refractivity contribution in [3.8, 4) is 5.75 Å². The molecule has 2 aromatic carbocycles. The number of ether oxygens (including phenoxy) is 1. The smallest absolute Gasteiger partial charge is 0.262 e. The molecule has 0 radical (unpaired) electrons. The molecule has 1 N–H and O–H groups in total. The lowest BCUT2D eigenvalue weighted by Crippen LogP contribution is -2.20. The summed E-state index contributed by atoms with van der Waals surface area (Å²) in [5.74, 6) is 3.00. The fourth-order valence-electron chi connectivity index (χ4n) is 2.42. The van der Waals surface area contributed by atoms with Crippen LogP contribution in [0.25, 0.3) is 0 Å². The Morgan fingerprint density at radius 2 is 1.92 bits per heavy atom. The largest absolute Gasteiger partial charge is 0.484 e. The molecule has 1 amide bonds. The summed E-state index contributed by atoms with van der Waals surface area (Å²) in [6.45, 7) is 2.00. The van der Waals surface area contributed by atoms with Crippen LogP contribution in [0.1, 0.15) is 22.1 Å². The van der Waals surface area contributed by atoms with Crippen molar-refractivity contribution in [1.29, 1.82) is 0 Å². The zero-order chi connectivity index (χ0) is 17.6. The van der Waals surface area contributed by atoms with E-state index in [1.807, 2.05) is 60.8 Å². The van der Waals surface area contributed by atoms with Crippen molar-refractivity contribution in [2.24, 2.45) is 0 Å². The van der Waals surface area contributed by atoms with Gasteiger partial charge in [0.05, 0.1) is 4.58 Å². The average Bonchev–Trinajstić information content (AvgIpc) is 2.64. The fourth-order valence-corrected chi connectivity index (χ4v) is 5.69. The molecule has 1 saturated heterocycles. The molecule has 0 aliphatic carbocycles. The molecule has 0 unspecified atom stereocenters. The lowest BCUT2D eigenvalue weighted by Gasteiger charge is -2.21. The first-order chi connectivity index (χ1) is 12.1. The van der Waals surface area contributed by atoms with E-state index in [1.165, 1.54) is 23.5 Å². The monoisotopic (exact) mass is 437 g/mol. The van der Waals surface area contributed by atoms with Crippen LogP contribution in [-0.4, -0.2) is 24.0 Å². The minimum Gasteiger partial charge on any atom is -0.484 e. The number of anilines is 1. The number of carbonyl (C=O) groups is 1. The predicted octanol–water partition coefficient (Wildman–Crippen LogP) is 5.64. The summed E-state index contributed by atoms with van der Waals surface area (Å²) in [6, 6.07) is 13.8. The lowest BCUT2D eigenvalue weighted by atomic mass is 10.2. The number of hydrogen-bond donors (Lipinski definition) is 1. The summed E-state index contributed by atoms with van der Waals surface area (Å²) in [7, 11) is 0. The predicted molar refractivity (Wildman–Crippen MR) is 112 cm³/mol. The Morgan fingerprint density at radius 3 is 2.60 bits per heavy atom. The Labute approximate surface area is 165 Å². The van der Waals surface area contributed by atoms with Gasteiger partial charge in [0.25, 0.3) is 5.91 Å². The number of thioether (sulfide) groups is 2. The zero-order valence-electron chi connectivity index (χ0n) is 14.0. The first-order valence-corrected chi connectivity index (χ1v) is 11.0. The van der Waals surface area contributed by atoms with Crippen molar-refractivity contribution in [2.45, 2.75) is 17.9 Å². The highest BCUT2D eigenvalue weighted by Crippen LogP contribution is 2.43. The van der Waals surface area contributed by atoms with E-state index >= 15 is 0 Å². The molecule has 1 fully saturated rings. The van der Waals surface area contributed by atoms with E-state index in [9.17, 15) is 4.79 Å². The molecule has 0 spiro atoms. The Bertz CT molecular complexity index is 731. The maximum Gasteiger partial charge on any atom is 0.262 e. The van der Waals surface area contributed by atoms with Crippen LogP contribution < -0.4 is 10.1 Å². The van der Waals surface area contributed by atoms with Gasteiger partial charge in [-0.2, -0.15) is 0 Å². The van der Waals surface area contributed by atoms with Crippen molar-refractivity contribution in [3.63, 3.8) is 0 Å². The van der Waals surface area contributed by atoms with Crippen molar-refractivity contribution < 1.29 is 9.53 Å². The number of rotatable bonds is 5. The van der Waals surface area contributed by atoms with Crippen molar-refractivity contribution in [2.75, 3.05) is 23.4 Å². The van der Waals surface area contributed by atoms with E-state index in [1.54, 1.807) is 0 Å². The fraction of sp³-hybridized carbons (Fsp3) is 0.316. The van der Waals surface area contributed by atoms with E-state index in [2.05, 4.69) is 33.4 Å². The summed E-state index contributed by atoms with van der Waals surface area (Å²) < 4.78 is 7.09. The molecule has 1 aliphatic heterocycles. The number of hydrogen-bond acceptors (Lipinski definition) is 4. The topological polar surface area (TPSA) is 38.3 Å². The molecule has 2 aromatic rings. The molecule has 132 valence electrons. The molecule has 0 atom stereocenters. The molecule has 3 nitrogen and oxygen atoms in total. The van der Waals surface area contributed by atoms with Crippen LogP contribution in [0.2, 0.25) is 0 Å². The van der Waals surface area contributed by atoms with Crippen molar-refractivity contribution in [1.82, 2.24) is 0 Å². The zero-order valence-corrected chi connectivity index (χ0v) is 17.2. The van der Waals surface area contributed by atoms with Crippen LogP contribution >= 0.6 is 39.5 Å². The van der Waals surface area contributed by atoms with Gasteiger partial charge in [0.2, 0.25) is 0 Å². The summed E-state index contributed by atoms with van der Waals surface area (Å²) in [4.78, 5) is 12.0. The number of nitrogens with one attached hydrogen (secondary N) is 1. The second-order valence-electron chi connectivity index (χ2n) is 5.80. The second-order valence-corrected chi connectivity index (χ2v) is 9.38. The third-order valence-corrected chi connectivity index (χ3v) is 7.67. The Kier molecular flexibility index (Phi) is 6.73. The number of carbonyl (C=O) groups excluding carboxylic acids is 1. The molecule has 0 saturated carbocycles. The van der Waals surface area contributed by atoms with Gasteiger partial charge in [-0.1, -0.05) is 34.1 Å². The van der Waals surface area contributed by atoms with Crippen LogP contribution in [0.5, 0.6) is 5.75 Å². The summed E-state index contributed by atoms with van der Waals surface area (Å²) >= 11 is 7.46. The highest BCUT2D eigenvalue weighted by atomic mass is 79.9. The van der Waals surface area contributed by atoms with Gasteiger partial charge in [0.15, 0.2) is 6.61 Å². The Balaban J connectivity index is 1.50. The van der Waals surface area contributed by atoms with E-state index in [4.69, 9.17) is 4.74 Å². The lowest BCUT2D eigenvalue weighted by molar-refractivity contribution is -0.118. The van der Waals surface area contributed by atoms with Gasteiger partial charge >= 0.3 is 0 Å². The quantitative estimate of drug-likeness (QED) is 0.656. The summed E-state index contributed by atoms with van der Waals surface area (Å²) in [5.41, 5.74) is 3.20. The number of halogens is 1. The molecule has 1 heterocycles. The van der Waals surface area contributed by atoms with Gasteiger partial charge in [0, 0.05) is 10.2 Å². The van der Waals surface area contributed by atoms with Gasteiger partial charge in [-0.15, -0.1) is 23.5 Å². The minimum atomic E-state index is -0.168. The molecule has 0 bridgehead atoms. The van der Waals surface area contributed by atoms with Gasteiger partial charge in [-0.3, -0.25) is 4.79 Å². The van der Waals surface area contributed by atoms with Gasteiger partial charge < -0.3 is 10.1 Å². The minimum absolute atomic E-state index is 0.00221. The maximum absolute atomic E-state index is 12.0. The molecule has 0 aromatic heterocycles. The van der Waals surface area contributed by atoms with E-state index < -0.39 is 0 Å². The third-order valence-electron chi connectivity index (χ3n) is 3.80. The molecular weight excluding hydrogens is 418 g/mol. The van der Waals surface area contributed by atoms with Gasteiger partial charge in [-0.05, 0) is 60.2 Å². The Morgan fingerprint density at radius 1 is 1.20 bits per heavy atom. The van der Waals surface area contributed by atoms with Gasteiger partial charge in [0.1, 0.15) is 5.75 Å². The highest BCUT2D eigenvalue weighted by molar-refractivity contribution is 9.10. The molecule has 1 aliphatic rings. The van der Waals surface area contributed by atoms with Gasteiger partial charge in [-0.25, -0.2) is 0 Å². The SMILES string of the molecule is Cc1ccc(NC(=O)COc2ccc(C3SCCCS3)cc2)cc1Br. The van der Waals surface area contributed by atoms with E-state index in [0.717, 1.165) is 21.5 Å². The van der Waals surface area contributed by atoms with Crippen LogP contribution in [0, 0.1) is 6.92 Å². The van der Waals surface area contributed by atoms with Crippen LogP contribution in [0.3, 0.4) is 0 Å². The summed E-state index contributed by atoms with van der Waals surface area (Å²) in [5, 5.41) is 2.84. The second kappa shape index (κ2) is 9.01. The van der Waals surface area contributed by atoms with Crippen molar-refractivity contribution in [3.05, 3.63) is 58.1 Å².